The highest BCUT2D eigenvalue weighted by Gasteiger charge is 2.11. The SMILES string of the molecule is Cc1cc(C)c(C(N)=S)c(NCc2ccc(C)s2)n1. The van der Waals surface area contributed by atoms with Gasteiger partial charge in [0, 0.05) is 15.4 Å². The zero-order chi connectivity index (χ0) is 14.0. The minimum Gasteiger partial charge on any atom is -0.389 e. The Bertz CT molecular complexity index is 617. The van der Waals surface area contributed by atoms with Crippen molar-refractivity contribution >= 4 is 34.4 Å². The van der Waals surface area contributed by atoms with E-state index < -0.39 is 0 Å². The van der Waals surface area contributed by atoms with Gasteiger partial charge in [-0.2, -0.15) is 0 Å². The van der Waals surface area contributed by atoms with Crippen LogP contribution in [0.2, 0.25) is 0 Å². The van der Waals surface area contributed by atoms with Crippen LogP contribution < -0.4 is 11.1 Å². The largest absolute Gasteiger partial charge is 0.389 e. The molecule has 0 radical (unpaired) electrons. The molecule has 0 aliphatic heterocycles. The summed E-state index contributed by atoms with van der Waals surface area (Å²) in [5, 5.41) is 3.34. The molecule has 5 heteroatoms. The lowest BCUT2D eigenvalue weighted by Crippen LogP contribution is -2.16. The van der Waals surface area contributed by atoms with Crippen molar-refractivity contribution in [2.45, 2.75) is 27.3 Å². The topological polar surface area (TPSA) is 50.9 Å². The first kappa shape index (κ1) is 14.0. The van der Waals surface area contributed by atoms with Crippen LogP contribution in [0.25, 0.3) is 0 Å². The monoisotopic (exact) mass is 291 g/mol. The van der Waals surface area contributed by atoms with E-state index in [1.54, 1.807) is 11.3 Å². The number of anilines is 1. The van der Waals surface area contributed by atoms with E-state index in [-0.39, 0.29) is 0 Å². The van der Waals surface area contributed by atoms with Crippen molar-refractivity contribution in [1.29, 1.82) is 0 Å². The number of aromatic nitrogens is 1. The van der Waals surface area contributed by atoms with Crippen molar-refractivity contribution < 1.29 is 0 Å². The van der Waals surface area contributed by atoms with E-state index >= 15 is 0 Å². The molecule has 0 atom stereocenters. The van der Waals surface area contributed by atoms with E-state index in [2.05, 4.69) is 29.4 Å². The molecule has 0 aliphatic rings. The summed E-state index contributed by atoms with van der Waals surface area (Å²) in [7, 11) is 0. The number of nitrogens with one attached hydrogen (secondary N) is 1. The Morgan fingerprint density at radius 2 is 2.11 bits per heavy atom. The Hall–Kier alpha value is -1.46. The number of hydrogen-bond acceptors (Lipinski definition) is 4. The Labute approximate surface area is 122 Å². The highest BCUT2D eigenvalue weighted by Crippen LogP contribution is 2.21. The molecule has 3 N–H and O–H groups in total. The lowest BCUT2D eigenvalue weighted by molar-refractivity contribution is 1.09. The molecule has 0 saturated carbocycles. The third-order valence-corrected chi connectivity index (χ3v) is 4.02. The van der Waals surface area contributed by atoms with Gasteiger partial charge in [-0.3, -0.25) is 0 Å². The molecule has 2 aromatic heterocycles. The van der Waals surface area contributed by atoms with Gasteiger partial charge >= 0.3 is 0 Å². The molecule has 0 aromatic carbocycles. The summed E-state index contributed by atoms with van der Waals surface area (Å²) in [6, 6.07) is 6.23. The molecule has 100 valence electrons. The van der Waals surface area contributed by atoms with Crippen molar-refractivity contribution in [2.24, 2.45) is 5.73 Å². The molecule has 2 aromatic rings. The van der Waals surface area contributed by atoms with Gasteiger partial charge in [0.05, 0.1) is 12.1 Å². The van der Waals surface area contributed by atoms with Crippen molar-refractivity contribution in [1.82, 2.24) is 4.98 Å². The molecule has 0 saturated heterocycles. The summed E-state index contributed by atoms with van der Waals surface area (Å²) in [5.74, 6) is 0.774. The van der Waals surface area contributed by atoms with Gasteiger partial charge in [-0.05, 0) is 44.5 Å². The second-order valence-corrected chi connectivity index (χ2v) is 6.35. The Kier molecular flexibility index (Phi) is 4.17. The minimum absolute atomic E-state index is 0.384. The van der Waals surface area contributed by atoms with Crippen LogP contribution in [-0.2, 0) is 6.54 Å². The van der Waals surface area contributed by atoms with Gasteiger partial charge in [0.1, 0.15) is 10.8 Å². The number of pyridine rings is 1. The number of rotatable bonds is 4. The molecule has 0 unspecified atom stereocenters. The third-order valence-electron chi connectivity index (χ3n) is 2.82. The second kappa shape index (κ2) is 5.67. The van der Waals surface area contributed by atoms with Crippen molar-refractivity contribution in [3.63, 3.8) is 0 Å². The van der Waals surface area contributed by atoms with Gasteiger partial charge in [0.25, 0.3) is 0 Å². The first-order valence-electron chi connectivity index (χ1n) is 6.04. The summed E-state index contributed by atoms with van der Waals surface area (Å²) in [5.41, 5.74) is 8.65. The second-order valence-electron chi connectivity index (χ2n) is 4.53. The highest BCUT2D eigenvalue weighted by atomic mass is 32.1. The standard InChI is InChI=1S/C14H17N3S2/c1-8-6-9(2)17-14(12(8)13(15)18)16-7-11-5-4-10(3)19-11/h4-6H,7H2,1-3H3,(H2,15,18)(H,16,17). The fourth-order valence-corrected chi connectivity index (χ4v) is 3.11. The summed E-state index contributed by atoms with van der Waals surface area (Å²) in [6.07, 6.45) is 0. The normalized spacial score (nSPS) is 10.5. The van der Waals surface area contributed by atoms with E-state index in [4.69, 9.17) is 18.0 Å². The van der Waals surface area contributed by atoms with Crippen molar-refractivity contribution in [3.05, 3.63) is 44.8 Å². The molecule has 0 bridgehead atoms. The number of nitrogens with zero attached hydrogens (tertiary/aromatic N) is 1. The molecule has 19 heavy (non-hydrogen) atoms. The van der Waals surface area contributed by atoms with E-state index in [0.29, 0.717) is 4.99 Å². The number of nitrogens with two attached hydrogens (primary N) is 1. The van der Waals surface area contributed by atoms with Crippen LogP contribution >= 0.6 is 23.6 Å². The summed E-state index contributed by atoms with van der Waals surface area (Å²) < 4.78 is 0. The number of thiophene rings is 1. The molecule has 0 aliphatic carbocycles. The molecular formula is C14H17N3S2. The first-order valence-corrected chi connectivity index (χ1v) is 7.27. The average molecular weight is 291 g/mol. The van der Waals surface area contributed by atoms with Crippen LogP contribution in [0.3, 0.4) is 0 Å². The smallest absolute Gasteiger partial charge is 0.137 e. The van der Waals surface area contributed by atoms with Crippen molar-refractivity contribution in [3.8, 4) is 0 Å². The van der Waals surface area contributed by atoms with Crippen LogP contribution in [0.4, 0.5) is 5.82 Å². The van der Waals surface area contributed by atoms with Crippen LogP contribution in [0, 0.1) is 20.8 Å². The maximum absolute atomic E-state index is 5.79. The fraction of sp³-hybridized carbons (Fsp3) is 0.286. The molecular weight excluding hydrogens is 274 g/mol. The van der Waals surface area contributed by atoms with E-state index in [1.807, 2.05) is 19.9 Å². The van der Waals surface area contributed by atoms with E-state index in [0.717, 1.165) is 29.2 Å². The number of aryl methyl sites for hydroxylation is 3. The average Bonchev–Trinajstić information content (AvgIpc) is 2.71. The van der Waals surface area contributed by atoms with Crippen molar-refractivity contribution in [2.75, 3.05) is 5.32 Å². The lowest BCUT2D eigenvalue weighted by Gasteiger charge is -2.13. The zero-order valence-electron chi connectivity index (χ0n) is 11.3. The van der Waals surface area contributed by atoms with Crippen LogP contribution in [0.15, 0.2) is 18.2 Å². The Morgan fingerprint density at radius 1 is 1.37 bits per heavy atom. The lowest BCUT2D eigenvalue weighted by atomic mass is 10.1. The fourth-order valence-electron chi connectivity index (χ4n) is 2.03. The quantitative estimate of drug-likeness (QED) is 0.849. The first-order chi connectivity index (χ1) is 8.97. The Balaban J connectivity index is 2.26. The Morgan fingerprint density at radius 3 is 2.68 bits per heavy atom. The van der Waals surface area contributed by atoms with Gasteiger partial charge in [-0.15, -0.1) is 11.3 Å². The predicted octanol–water partition coefficient (Wildman–Crippen LogP) is 3.31. The maximum atomic E-state index is 5.79. The highest BCUT2D eigenvalue weighted by molar-refractivity contribution is 7.80. The van der Waals surface area contributed by atoms with Gasteiger partial charge < -0.3 is 11.1 Å². The van der Waals surface area contributed by atoms with Gasteiger partial charge in [-0.25, -0.2) is 4.98 Å². The van der Waals surface area contributed by atoms with Gasteiger partial charge in [-0.1, -0.05) is 12.2 Å². The summed E-state index contributed by atoms with van der Waals surface area (Å²) in [6.45, 7) is 6.81. The van der Waals surface area contributed by atoms with E-state index in [1.165, 1.54) is 9.75 Å². The third kappa shape index (κ3) is 3.30. The molecule has 3 nitrogen and oxygen atoms in total. The minimum atomic E-state index is 0.384. The number of hydrogen-bond donors (Lipinski definition) is 2. The number of thiocarbonyl (C=S) groups is 1. The van der Waals surface area contributed by atoms with E-state index in [9.17, 15) is 0 Å². The van der Waals surface area contributed by atoms with Crippen LogP contribution in [-0.4, -0.2) is 9.97 Å². The molecule has 2 rings (SSSR count). The van der Waals surface area contributed by atoms with Crippen LogP contribution in [0.5, 0.6) is 0 Å². The molecule has 2 heterocycles. The predicted molar refractivity (Wildman–Crippen MR) is 86.0 cm³/mol. The maximum Gasteiger partial charge on any atom is 0.137 e. The van der Waals surface area contributed by atoms with Crippen LogP contribution in [0.1, 0.15) is 26.6 Å². The molecule has 0 amide bonds. The van der Waals surface area contributed by atoms with Gasteiger partial charge in [0.2, 0.25) is 0 Å². The summed E-state index contributed by atoms with van der Waals surface area (Å²) >= 11 is 6.89. The molecule has 0 spiro atoms. The molecule has 0 fully saturated rings. The van der Waals surface area contributed by atoms with Gasteiger partial charge in [0.15, 0.2) is 0 Å². The zero-order valence-corrected chi connectivity index (χ0v) is 12.9. The summed E-state index contributed by atoms with van der Waals surface area (Å²) in [4.78, 5) is 7.46.